The van der Waals surface area contributed by atoms with E-state index in [9.17, 15) is 0 Å². The van der Waals surface area contributed by atoms with Crippen LogP contribution in [-0.2, 0) is 6.54 Å². The highest BCUT2D eigenvalue weighted by molar-refractivity contribution is 5.30. The van der Waals surface area contributed by atoms with Crippen LogP contribution in [0.25, 0.3) is 0 Å². The van der Waals surface area contributed by atoms with Gasteiger partial charge in [-0.25, -0.2) is 0 Å². The minimum Gasteiger partial charge on any atom is -0.490 e. The van der Waals surface area contributed by atoms with Crippen molar-refractivity contribution < 1.29 is 4.74 Å². The maximum atomic E-state index is 6.24. The van der Waals surface area contributed by atoms with Crippen LogP contribution in [0.15, 0.2) is 18.5 Å². The molecule has 0 radical (unpaired) electrons. The van der Waals surface area contributed by atoms with Crippen molar-refractivity contribution >= 4 is 0 Å². The summed E-state index contributed by atoms with van der Waals surface area (Å²) in [5.74, 6) is 1.04. The maximum Gasteiger partial charge on any atom is 0.127 e. The van der Waals surface area contributed by atoms with Gasteiger partial charge in [0, 0.05) is 30.5 Å². The molecule has 3 nitrogen and oxygen atoms in total. The summed E-state index contributed by atoms with van der Waals surface area (Å²) in [6, 6.07) is 2.75. The first-order valence-corrected chi connectivity index (χ1v) is 7.75. The van der Waals surface area contributed by atoms with Crippen LogP contribution >= 0.6 is 0 Å². The maximum absolute atomic E-state index is 6.24. The van der Waals surface area contributed by atoms with E-state index in [1.165, 1.54) is 56.9 Å². The van der Waals surface area contributed by atoms with Crippen molar-refractivity contribution in [2.45, 2.75) is 70.1 Å². The summed E-state index contributed by atoms with van der Waals surface area (Å²) in [5, 5.41) is 3.54. The molecule has 3 heteroatoms. The molecule has 2 aliphatic carbocycles. The summed E-state index contributed by atoms with van der Waals surface area (Å²) in [7, 11) is 0. The summed E-state index contributed by atoms with van der Waals surface area (Å²) in [4.78, 5) is 4.24. The number of rotatable bonds is 5. The first kappa shape index (κ1) is 12.9. The Morgan fingerprint density at radius 1 is 1.11 bits per heavy atom. The number of hydrogen-bond acceptors (Lipinski definition) is 3. The smallest absolute Gasteiger partial charge is 0.127 e. The highest BCUT2D eigenvalue weighted by Gasteiger charge is 2.21. The predicted octanol–water partition coefficient (Wildman–Crippen LogP) is 3.44. The summed E-state index contributed by atoms with van der Waals surface area (Å²) in [5.41, 5.74) is 1.21. The fraction of sp³-hybridized carbons (Fsp3) is 0.688. The van der Waals surface area contributed by atoms with Crippen molar-refractivity contribution in [2.75, 3.05) is 0 Å². The molecule has 0 aromatic carbocycles. The van der Waals surface area contributed by atoms with Gasteiger partial charge >= 0.3 is 0 Å². The fourth-order valence-electron chi connectivity index (χ4n) is 2.74. The molecule has 2 aliphatic rings. The van der Waals surface area contributed by atoms with Gasteiger partial charge in [-0.2, -0.15) is 0 Å². The predicted molar refractivity (Wildman–Crippen MR) is 76.2 cm³/mol. The molecule has 3 rings (SSSR count). The molecule has 0 unspecified atom stereocenters. The lowest BCUT2D eigenvalue weighted by Crippen LogP contribution is -2.19. The average Bonchev–Trinajstić information content (AvgIpc) is 3.25. The molecule has 1 aromatic rings. The Morgan fingerprint density at radius 2 is 1.89 bits per heavy atom. The average molecular weight is 260 g/mol. The molecule has 2 saturated carbocycles. The molecule has 1 aromatic heterocycles. The Kier molecular flexibility index (Phi) is 4.34. The van der Waals surface area contributed by atoms with E-state index < -0.39 is 0 Å². The van der Waals surface area contributed by atoms with E-state index in [-0.39, 0.29) is 0 Å². The molecular weight excluding hydrogens is 236 g/mol. The molecular formula is C16H24N2O. The van der Waals surface area contributed by atoms with Gasteiger partial charge in [-0.1, -0.05) is 12.8 Å². The summed E-state index contributed by atoms with van der Waals surface area (Å²) < 4.78 is 6.24. The van der Waals surface area contributed by atoms with Crippen molar-refractivity contribution in [3.05, 3.63) is 24.0 Å². The number of pyridine rings is 1. The molecule has 0 atom stereocenters. The second-order valence-corrected chi connectivity index (χ2v) is 5.87. The van der Waals surface area contributed by atoms with E-state index in [1.807, 2.05) is 18.5 Å². The summed E-state index contributed by atoms with van der Waals surface area (Å²) in [6.45, 7) is 0.889. The van der Waals surface area contributed by atoms with Gasteiger partial charge in [-0.3, -0.25) is 4.98 Å². The first-order valence-electron chi connectivity index (χ1n) is 7.75. The normalized spacial score (nSPS) is 21.1. The number of hydrogen-bond donors (Lipinski definition) is 1. The van der Waals surface area contributed by atoms with Crippen LogP contribution < -0.4 is 10.1 Å². The lowest BCUT2D eigenvalue weighted by molar-refractivity contribution is 0.181. The number of nitrogens with one attached hydrogen (secondary N) is 1. The van der Waals surface area contributed by atoms with Crippen LogP contribution in [0.1, 0.15) is 56.9 Å². The van der Waals surface area contributed by atoms with Crippen molar-refractivity contribution in [1.29, 1.82) is 0 Å². The molecule has 0 saturated heterocycles. The fourth-order valence-corrected chi connectivity index (χ4v) is 2.74. The van der Waals surface area contributed by atoms with Gasteiger partial charge in [0.15, 0.2) is 0 Å². The van der Waals surface area contributed by atoms with E-state index >= 15 is 0 Å². The minimum absolute atomic E-state index is 0.407. The van der Waals surface area contributed by atoms with Gasteiger partial charge in [0.05, 0.1) is 6.10 Å². The van der Waals surface area contributed by atoms with Crippen LogP contribution in [0.3, 0.4) is 0 Å². The van der Waals surface area contributed by atoms with E-state index in [0.717, 1.165) is 18.3 Å². The third-order valence-electron chi connectivity index (χ3n) is 4.11. The number of nitrogens with zero attached hydrogens (tertiary/aromatic N) is 1. The first-order chi connectivity index (χ1) is 9.42. The van der Waals surface area contributed by atoms with Gasteiger partial charge in [-0.05, 0) is 44.6 Å². The van der Waals surface area contributed by atoms with Crippen molar-refractivity contribution in [2.24, 2.45) is 0 Å². The second-order valence-electron chi connectivity index (χ2n) is 5.87. The molecule has 0 amide bonds. The Bertz CT molecular complexity index is 395. The van der Waals surface area contributed by atoms with Gasteiger partial charge in [-0.15, -0.1) is 0 Å². The quantitative estimate of drug-likeness (QED) is 0.824. The van der Waals surface area contributed by atoms with Crippen LogP contribution in [0.5, 0.6) is 5.75 Å². The standard InChI is InChI=1S/C16H24N2O/c1-2-4-6-15(5-3-1)19-16-9-10-17-11-13(16)12-18-14-7-8-14/h9-11,14-15,18H,1-8,12H2. The van der Waals surface area contributed by atoms with E-state index in [1.54, 1.807) is 0 Å². The molecule has 104 valence electrons. The molecule has 0 aliphatic heterocycles. The van der Waals surface area contributed by atoms with Crippen LogP contribution in [0, 0.1) is 0 Å². The van der Waals surface area contributed by atoms with Crippen LogP contribution in [0.4, 0.5) is 0 Å². The Hall–Kier alpha value is -1.09. The number of ether oxygens (including phenoxy) is 1. The summed E-state index contributed by atoms with van der Waals surface area (Å²) in [6.07, 6.45) is 14.6. The number of aromatic nitrogens is 1. The highest BCUT2D eigenvalue weighted by atomic mass is 16.5. The monoisotopic (exact) mass is 260 g/mol. The van der Waals surface area contributed by atoms with E-state index in [4.69, 9.17) is 4.74 Å². The third-order valence-corrected chi connectivity index (χ3v) is 4.11. The van der Waals surface area contributed by atoms with Gasteiger partial charge in [0.2, 0.25) is 0 Å². The Balaban J connectivity index is 1.61. The van der Waals surface area contributed by atoms with E-state index in [0.29, 0.717) is 6.10 Å². The Morgan fingerprint density at radius 3 is 2.63 bits per heavy atom. The zero-order valence-corrected chi connectivity index (χ0v) is 11.6. The molecule has 19 heavy (non-hydrogen) atoms. The minimum atomic E-state index is 0.407. The Labute approximate surface area is 115 Å². The highest BCUT2D eigenvalue weighted by Crippen LogP contribution is 2.26. The van der Waals surface area contributed by atoms with Gasteiger partial charge in [0.25, 0.3) is 0 Å². The molecule has 1 heterocycles. The van der Waals surface area contributed by atoms with Gasteiger partial charge < -0.3 is 10.1 Å². The molecule has 1 N–H and O–H groups in total. The largest absolute Gasteiger partial charge is 0.490 e. The third kappa shape index (κ3) is 3.93. The van der Waals surface area contributed by atoms with Crippen molar-refractivity contribution in [1.82, 2.24) is 10.3 Å². The van der Waals surface area contributed by atoms with Crippen molar-refractivity contribution in [3.63, 3.8) is 0 Å². The zero-order chi connectivity index (χ0) is 12.9. The molecule has 0 spiro atoms. The van der Waals surface area contributed by atoms with Crippen LogP contribution in [0.2, 0.25) is 0 Å². The zero-order valence-electron chi connectivity index (χ0n) is 11.6. The lowest BCUT2D eigenvalue weighted by Gasteiger charge is -2.19. The topological polar surface area (TPSA) is 34.1 Å². The lowest BCUT2D eigenvalue weighted by atomic mass is 10.1. The molecule has 0 bridgehead atoms. The molecule has 2 fully saturated rings. The van der Waals surface area contributed by atoms with Crippen LogP contribution in [-0.4, -0.2) is 17.1 Å². The summed E-state index contributed by atoms with van der Waals surface area (Å²) >= 11 is 0. The van der Waals surface area contributed by atoms with E-state index in [2.05, 4.69) is 10.3 Å². The van der Waals surface area contributed by atoms with Gasteiger partial charge in [0.1, 0.15) is 5.75 Å². The SMILES string of the molecule is c1cc(OC2CCCCCC2)c(CNC2CC2)cn1. The van der Waals surface area contributed by atoms with Crippen molar-refractivity contribution in [3.8, 4) is 5.75 Å². The second kappa shape index (κ2) is 6.38.